The average molecular weight is 226 g/mol. The number of carbonyl (C=O) groups is 1. The molecule has 1 heterocycles. The molecule has 1 aromatic heterocycles. The van der Waals surface area contributed by atoms with Crippen LogP contribution in [0.1, 0.15) is 6.42 Å². The summed E-state index contributed by atoms with van der Waals surface area (Å²) in [5.41, 5.74) is 0.337. The Hall–Kier alpha value is -1.05. The predicted octanol–water partition coefficient (Wildman–Crippen LogP) is -0.980. The minimum absolute atomic E-state index is 0.0324. The fourth-order valence-electron chi connectivity index (χ4n) is 1.04. The van der Waals surface area contributed by atoms with Crippen molar-refractivity contribution in [1.29, 1.82) is 0 Å². The third-order valence-electron chi connectivity index (χ3n) is 1.70. The molecule has 0 aliphatic carbocycles. The van der Waals surface area contributed by atoms with Crippen LogP contribution in [-0.4, -0.2) is 33.8 Å². The molecule has 0 atom stereocenters. The van der Waals surface area contributed by atoms with Gasteiger partial charge >= 0.3 is 7.12 Å². The van der Waals surface area contributed by atoms with E-state index in [2.05, 4.69) is 22.9 Å². The Bertz CT molecular complexity index is 348. The second kappa shape index (κ2) is 5.74. The molecule has 3 N–H and O–H groups in total. The van der Waals surface area contributed by atoms with Gasteiger partial charge in [-0.05, 0) is 17.9 Å². The highest BCUT2D eigenvalue weighted by Crippen LogP contribution is 2.02. The molecule has 0 bridgehead atoms. The average Bonchev–Trinajstić information content (AvgIpc) is 2.18. The van der Waals surface area contributed by atoms with E-state index in [9.17, 15) is 4.79 Å². The second-order valence-electron chi connectivity index (χ2n) is 2.83. The molecule has 0 aliphatic rings. The number of amides is 1. The third kappa shape index (κ3) is 3.54. The van der Waals surface area contributed by atoms with Crippen molar-refractivity contribution in [3.63, 3.8) is 0 Å². The number of nitrogens with one attached hydrogen (secondary N) is 1. The normalized spacial score (nSPS) is 9.80. The van der Waals surface area contributed by atoms with Gasteiger partial charge in [0.25, 0.3) is 0 Å². The highest BCUT2D eigenvalue weighted by molar-refractivity contribution is 7.80. The first-order valence-corrected chi connectivity index (χ1v) is 5.00. The van der Waals surface area contributed by atoms with Crippen LogP contribution in [0.5, 0.6) is 0 Å². The molecule has 0 aromatic carbocycles. The number of anilines is 1. The van der Waals surface area contributed by atoms with E-state index in [0.29, 0.717) is 11.4 Å². The molecule has 0 radical (unpaired) electrons. The van der Waals surface area contributed by atoms with Gasteiger partial charge in [-0.15, -0.1) is 0 Å². The SMILES string of the molecule is O=C(CCS)Nc1cccnc1B(O)O. The molecule has 0 fully saturated rings. The summed E-state index contributed by atoms with van der Waals surface area (Å²) in [4.78, 5) is 15.0. The van der Waals surface area contributed by atoms with Gasteiger partial charge in [0, 0.05) is 12.6 Å². The molecule has 15 heavy (non-hydrogen) atoms. The minimum Gasteiger partial charge on any atom is -0.422 e. The van der Waals surface area contributed by atoms with Gasteiger partial charge in [-0.25, -0.2) is 0 Å². The maximum atomic E-state index is 11.2. The first-order valence-electron chi connectivity index (χ1n) is 4.37. The minimum atomic E-state index is -1.70. The van der Waals surface area contributed by atoms with Gasteiger partial charge in [0.1, 0.15) is 0 Å². The van der Waals surface area contributed by atoms with Crippen molar-refractivity contribution in [3.8, 4) is 0 Å². The first-order chi connectivity index (χ1) is 7.15. The summed E-state index contributed by atoms with van der Waals surface area (Å²) < 4.78 is 0. The van der Waals surface area contributed by atoms with Crippen LogP contribution in [0.4, 0.5) is 5.69 Å². The molecule has 1 rings (SSSR count). The molecule has 0 unspecified atom stereocenters. The molecule has 7 heteroatoms. The number of hydrogen-bond acceptors (Lipinski definition) is 5. The lowest BCUT2D eigenvalue weighted by molar-refractivity contribution is -0.115. The number of nitrogens with zero attached hydrogens (tertiary/aromatic N) is 1. The van der Waals surface area contributed by atoms with E-state index in [1.165, 1.54) is 6.20 Å². The van der Waals surface area contributed by atoms with Crippen LogP contribution in [0.3, 0.4) is 0 Å². The monoisotopic (exact) mass is 226 g/mol. The van der Waals surface area contributed by atoms with Crippen molar-refractivity contribution in [2.24, 2.45) is 0 Å². The zero-order valence-corrected chi connectivity index (χ0v) is 8.82. The molecule has 0 saturated carbocycles. The maximum absolute atomic E-state index is 11.2. The highest BCUT2D eigenvalue weighted by Gasteiger charge is 2.18. The van der Waals surface area contributed by atoms with E-state index in [0.717, 1.165) is 0 Å². The fourth-order valence-corrected chi connectivity index (χ4v) is 1.25. The molecule has 0 spiro atoms. The number of aromatic nitrogens is 1. The van der Waals surface area contributed by atoms with Gasteiger partial charge in [-0.3, -0.25) is 9.78 Å². The molecule has 0 saturated heterocycles. The van der Waals surface area contributed by atoms with E-state index in [4.69, 9.17) is 10.0 Å². The topological polar surface area (TPSA) is 82.5 Å². The number of thiol groups is 1. The second-order valence-corrected chi connectivity index (χ2v) is 3.28. The summed E-state index contributed by atoms with van der Waals surface area (Å²) in [6.07, 6.45) is 1.68. The summed E-state index contributed by atoms with van der Waals surface area (Å²) in [5, 5.41) is 20.5. The Balaban J connectivity index is 2.80. The number of pyridine rings is 1. The quantitative estimate of drug-likeness (QED) is 0.393. The van der Waals surface area contributed by atoms with E-state index in [1.807, 2.05) is 0 Å². The van der Waals surface area contributed by atoms with Crippen LogP contribution in [0.25, 0.3) is 0 Å². The Morgan fingerprint density at radius 3 is 2.93 bits per heavy atom. The number of hydrogen-bond donors (Lipinski definition) is 4. The third-order valence-corrected chi connectivity index (χ3v) is 1.92. The summed E-state index contributed by atoms with van der Waals surface area (Å²) in [6.45, 7) is 0. The molecule has 5 nitrogen and oxygen atoms in total. The van der Waals surface area contributed by atoms with Crippen LogP contribution in [0.15, 0.2) is 18.3 Å². The van der Waals surface area contributed by atoms with Gasteiger partial charge in [0.2, 0.25) is 5.91 Å². The lowest BCUT2D eigenvalue weighted by Gasteiger charge is -2.08. The van der Waals surface area contributed by atoms with Crippen molar-refractivity contribution in [2.75, 3.05) is 11.1 Å². The largest absolute Gasteiger partial charge is 0.510 e. The fraction of sp³-hybridized carbons (Fsp3) is 0.250. The smallest absolute Gasteiger partial charge is 0.422 e. The van der Waals surface area contributed by atoms with Crippen molar-refractivity contribution < 1.29 is 14.8 Å². The van der Waals surface area contributed by atoms with E-state index in [-0.39, 0.29) is 17.9 Å². The Morgan fingerprint density at radius 1 is 1.60 bits per heavy atom. The van der Waals surface area contributed by atoms with Crippen molar-refractivity contribution in [3.05, 3.63) is 18.3 Å². The van der Waals surface area contributed by atoms with E-state index >= 15 is 0 Å². The van der Waals surface area contributed by atoms with Crippen LogP contribution in [0, 0.1) is 0 Å². The van der Waals surface area contributed by atoms with Gasteiger partial charge in [-0.1, -0.05) is 0 Å². The predicted molar refractivity (Wildman–Crippen MR) is 61.2 cm³/mol. The van der Waals surface area contributed by atoms with Crippen molar-refractivity contribution in [2.45, 2.75) is 6.42 Å². The molecule has 1 aromatic rings. The number of rotatable bonds is 4. The van der Waals surface area contributed by atoms with E-state index in [1.54, 1.807) is 12.1 Å². The lowest BCUT2D eigenvalue weighted by atomic mass is 9.84. The maximum Gasteiger partial charge on any atom is 0.510 e. The van der Waals surface area contributed by atoms with Gasteiger partial charge in [0.15, 0.2) is 0 Å². The van der Waals surface area contributed by atoms with Crippen molar-refractivity contribution >= 4 is 36.9 Å². The van der Waals surface area contributed by atoms with Crippen LogP contribution in [-0.2, 0) is 4.79 Å². The zero-order chi connectivity index (χ0) is 11.3. The summed E-state index contributed by atoms with van der Waals surface area (Å²) in [6, 6.07) is 3.15. The molecular formula is C8H11BN2O3S. The Morgan fingerprint density at radius 2 is 2.33 bits per heavy atom. The number of carbonyl (C=O) groups excluding carboxylic acids is 1. The zero-order valence-electron chi connectivity index (χ0n) is 7.92. The van der Waals surface area contributed by atoms with Gasteiger partial charge in [0.05, 0.1) is 11.3 Å². The highest BCUT2D eigenvalue weighted by atomic mass is 32.1. The van der Waals surface area contributed by atoms with Crippen LogP contribution in [0.2, 0.25) is 0 Å². The first kappa shape index (κ1) is 12.0. The lowest BCUT2D eigenvalue weighted by Crippen LogP contribution is -2.35. The van der Waals surface area contributed by atoms with Crippen LogP contribution < -0.4 is 10.9 Å². The van der Waals surface area contributed by atoms with Crippen molar-refractivity contribution in [1.82, 2.24) is 4.98 Å². The molecule has 1 amide bonds. The van der Waals surface area contributed by atoms with Gasteiger partial charge in [-0.2, -0.15) is 12.6 Å². The Kier molecular flexibility index (Phi) is 4.60. The summed E-state index contributed by atoms with van der Waals surface area (Å²) in [7, 11) is -1.70. The Labute approximate surface area is 93.1 Å². The standard InChI is InChI=1S/C8H11BN2O3S/c12-7(3-5-15)11-6-2-1-4-10-8(6)9(13)14/h1-2,4,13-15H,3,5H2,(H,11,12). The van der Waals surface area contributed by atoms with E-state index < -0.39 is 7.12 Å². The molecular weight excluding hydrogens is 215 g/mol. The van der Waals surface area contributed by atoms with Gasteiger partial charge < -0.3 is 15.4 Å². The van der Waals surface area contributed by atoms with Crippen LogP contribution >= 0.6 is 12.6 Å². The molecule has 80 valence electrons. The molecule has 0 aliphatic heterocycles. The summed E-state index contributed by atoms with van der Waals surface area (Å²) >= 11 is 3.92. The summed E-state index contributed by atoms with van der Waals surface area (Å²) in [5.74, 6) is 0.197.